The summed E-state index contributed by atoms with van der Waals surface area (Å²) in [6.07, 6.45) is 6.23. The fourth-order valence-corrected chi connectivity index (χ4v) is 6.32. The quantitative estimate of drug-likeness (QED) is 0.624. The molecule has 2 amide bonds. The van der Waals surface area contributed by atoms with Crippen LogP contribution in [0.1, 0.15) is 52.2 Å². The van der Waals surface area contributed by atoms with Crippen LogP contribution in [-0.4, -0.2) is 31.7 Å². The molecule has 2 heterocycles. The Balaban J connectivity index is 1.49. The number of hydrazine groups is 1. The van der Waals surface area contributed by atoms with Crippen LogP contribution in [0.3, 0.4) is 0 Å². The van der Waals surface area contributed by atoms with E-state index in [1.165, 1.54) is 28.2 Å². The number of sulfone groups is 1. The third-order valence-electron chi connectivity index (χ3n) is 4.59. The molecule has 1 fully saturated rings. The van der Waals surface area contributed by atoms with E-state index in [4.69, 9.17) is 0 Å². The van der Waals surface area contributed by atoms with Crippen LogP contribution in [0.15, 0.2) is 6.07 Å². The van der Waals surface area contributed by atoms with Gasteiger partial charge in [0, 0.05) is 11.3 Å². The molecule has 1 aromatic heterocycles. The Morgan fingerprint density at radius 1 is 1.17 bits per heavy atom. The smallest absolute Gasteiger partial charge is 0.273 e. The largest absolute Gasteiger partial charge is 0.279 e. The van der Waals surface area contributed by atoms with Crippen molar-refractivity contribution in [2.24, 2.45) is 5.92 Å². The molecule has 24 heavy (non-hydrogen) atoms. The van der Waals surface area contributed by atoms with E-state index in [9.17, 15) is 18.0 Å². The molecule has 1 saturated heterocycles. The van der Waals surface area contributed by atoms with Gasteiger partial charge in [-0.05, 0) is 49.7 Å². The van der Waals surface area contributed by atoms with Crippen molar-refractivity contribution >= 4 is 33.0 Å². The molecule has 1 atom stereocenters. The van der Waals surface area contributed by atoms with Gasteiger partial charge in [-0.2, -0.15) is 0 Å². The average molecular weight is 370 g/mol. The zero-order chi connectivity index (χ0) is 17.2. The first-order valence-corrected chi connectivity index (χ1v) is 11.0. The van der Waals surface area contributed by atoms with Crippen molar-refractivity contribution in [3.8, 4) is 0 Å². The van der Waals surface area contributed by atoms with E-state index in [1.807, 2.05) is 6.07 Å². The number of carbonyl (C=O) groups is 2. The number of carbonyl (C=O) groups excluding carboxylic acids is 2. The van der Waals surface area contributed by atoms with E-state index in [0.29, 0.717) is 11.3 Å². The van der Waals surface area contributed by atoms with Gasteiger partial charge in [-0.1, -0.05) is 6.42 Å². The van der Waals surface area contributed by atoms with Gasteiger partial charge in [-0.25, -0.2) is 8.42 Å². The molecule has 1 aliphatic heterocycles. The molecular weight excluding hydrogens is 348 g/mol. The van der Waals surface area contributed by atoms with Gasteiger partial charge in [0.05, 0.1) is 16.4 Å². The van der Waals surface area contributed by atoms with Gasteiger partial charge in [0.1, 0.15) is 0 Å². The summed E-state index contributed by atoms with van der Waals surface area (Å²) in [6, 6.07) is 1.93. The molecule has 0 saturated carbocycles. The monoisotopic (exact) mass is 370 g/mol. The highest BCUT2D eigenvalue weighted by molar-refractivity contribution is 7.91. The Kier molecular flexibility index (Phi) is 5.24. The lowest BCUT2D eigenvalue weighted by Crippen LogP contribution is -2.42. The molecule has 0 unspecified atom stereocenters. The number of fused-ring (bicyclic) bond motifs is 1. The minimum atomic E-state index is -2.99. The van der Waals surface area contributed by atoms with Crippen LogP contribution in [0.2, 0.25) is 0 Å². The summed E-state index contributed by atoms with van der Waals surface area (Å²) in [5.74, 6) is -0.585. The molecule has 3 rings (SSSR count). The van der Waals surface area contributed by atoms with Crippen molar-refractivity contribution in [1.82, 2.24) is 10.9 Å². The van der Waals surface area contributed by atoms with Crippen molar-refractivity contribution in [1.29, 1.82) is 0 Å². The second kappa shape index (κ2) is 7.23. The lowest BCUT2D eigenvalue weighted by Gasteiger charge is -2.09. The maximum atomic E-state index is 12.2. The molecular formula is C16H22N2O4S2. The van der Waals surface area contributed by atoms with E-state index < -0.39 is 9.84 Å². The minimum absolute atomic E-state index is 0.0615. The summed E-state index contributed by atoms with van der Waals surface area (Å²) < 4.78 is 22.8. The third-order valence-corrected chi connectivity index (χ3v) is 7.66. The van der Waals surface area contributed by atoms with Crippen LogP contribution in [0, 0.1) is 5.92 Å². The molecule has 2 N–H and O–H groups in total. The lowest BCUT2D eigenvalue weighted by atomic mass is 10.1. The third kappa shape index (κ3) is 4.36. The van der Waals surface area contributed by atoms with Crippen molar-refractivity contribution in [2.75, 3.05) is 11.5 Å². The van der Waals surface area contributed by atoms with E-state index in [1.54, 1.807) is 0 Å². The Morgan fingerprint density at radius 3 is 2.71 bits per heavy atom. The summed E-state index contributed by atoms with van der Waals surface area (Å²) in [6.45, 7) is 0. The van der Waals surface area contributed by atoms with Crippen molar-refractivity contribution in [3.05, 3.63) is 21.4 Å². The SMILES string of the molecule is O=C(C[C@@H]1CCS(=O)(=O)C1)NNC(=O)c1cc2c(s1)CCCCC2. The van der Waals surface area contributed by atoms with Crippen molar-refractivity contribution < 1.29 is 18.0 Å². The number of hydrogen-bond donors (Lipinski definition) is 2. The molecule has 1 aliphatic carbocycles. The predicted octanol–water partition coefficient (Wildman–Crippen LogP) is 1.60. The molecule has 2 aliphatic rings. The lowest BCUT2D eigenvalue weighted by molar-refractivity contribution is -0.122. The minimum Gasteiger partial charge on any atom is -0.273 e. The summed E-state index contributed by atoms with van der Waals surface area (Å²) in [4.78, 5) is 25.9. The summed E-state index contributed by atoms with van der Waals surface area (Å²) in [5, 5.41) is 0. The maximum Gasteiger partial charge on any atom is 0.279 e. The van der Waals surface area contributed by atoms with Gasteiger partial charge in [0.2, 0.25) is 5.91 Å². The molecule has 0 spiro atoms. The van der Waals surface area contributed by atoms with E-state index in [0.717, 1.165) is 25.7 Å². The van der Waals surface area contributed by atoms with Gasteiger partial charge >= 0.3 is 0 Å². The molecule has 6 nitrogen and oxygen atoms in total. The normalized spacial score (nSPS) is 22.4. The topological polar surface area (TPSA) is 92.3 Å². The standard InChI is InChI=1S/C16H22N2O4S2/c19-15(8-11-6-7-24(21,22)10-11)17-18-16(20)14-9-12-4-2-1-3-5-13(12)23-14/h9,11H,1-8,10H2,(H,17,19)(H,18,20)/t11-/m0/s1. The number of aryl methyl sites for hydroxylation is 2. The first-order chi connectivity index (χ1) is 11.4. The van der Waals surface area contributed by atoms with Gasteiger partial charge in [0.25, 0.3) is 5.91 Å². The Bertz CT molecular complexity index is 716. The summed E-state index contributed by atoms with van der Waals surface area (Å²) in [7, 11) is -2.99. The first kappa shape index (κ1) is 17.4. The van der Waals surface area contributed by atoms with E-state index in [2.05, 4.69) is 10.9 Å². The number of hydrogen-bond acceptors (Lipinski definition) is 5. The second-order valence-corrected chi connectivity index (χ2v) is 9.96. The van der Waals surface area contributed by atoms with Gasteiger partial charge < -0.3 is 0 Å². The molecule has 8 heteroatoms. The van der Waals surface area contributed by atoms with Gasteiger partial charge in [-0.15, -0.1) is 11.3 Å². The average Bonchev–Trinajstić information content (AvgIpc) is 3.01. The number of amides is 2. The van der Waals surface area contributed by atoms with Crippen molar-refractivity contribution in [2.45, 2.75) is 44.9 Å². The predicted molar refractivity (Wildman–Crippen MR) is 92.6 cm³/mol. The maximum absolute atomic E-state index is 12.2. The fourth-order valence-electron chi connectivity index (χ4n) is 3.31. The van der Waals surface area contributed by atoms with E-state index >= 15 is 0 Å². The van der Waals surface area contributed by atoms with Crippen molar-refractivity contribution in [3.63, 3.8) is 0 Å². The van der Waals surface area contributed by atoms with Crippen LogP contribution in [0.4, 0.5) is 0 Å². The molecule has 132 valence electrons. The van der Waals surface area contributed by atoms with Gasteiger partial charge in [0.15, 0.2) is 9.84 Å². The highest BCUT2D eigenvalue weighted by atomic mass is 32.2. The Labute approximate surface area is 145 Å². The highest BCUT2D eigenvalue weighted by Crippen LogP contribution is 2.28. The Morgan fingerprint density at radius 2 is 1.96 bits per heavy atom. The molecule has 1 aromatic rings. The fraction of sp³-hybridized carbons (Fsp3) is 0.625. The van der Waals surface area contributed by atoms with Crippen LogP contribution >= 0.6 is 11.3 Å². The van der Waals surface area contributed by atoms with Crippen LogP contribution < -0.4 is 10.9 Å². The van der Waals surface area contributed by atoms with Gasteiger partial charge in [-0.3, -0.25) is 20.4 Å². The number of rotatable bonds is 3. The summed E-state index contributed by atoms with van der Waals surface area (Å²) in [5.41, 5.74) is 6.10. The van der Waals surface area contributed by atoms with Crippen LogP contribution in [0.5, 0.6) is 0 Å². The molecule has 0 radical (unpaired) electrons. The zero-order valence-electron chi connectivity index (χ0n) is 13.5. The zero-order valence-corrected chi connectivity index (χ0v) is 15.1. The number of thiophene rings is 1. The highest BCUT2D eigenvalue weighted by Gasteiger charge is 2.29. The van der Waals surface area contributed by atoms with E-state index in [-0.39, 0.29) is 35.7 Å². The molecule has 0 bridgehead atoms. The summed E-state index contributed by atoms with van der Waals surface area (Å²) >= 11 is 1.50. The second-order valence-electron chi connectivity index (χ2n) is 6.60. The first-order valence-electron chi connectivity index (χ1n) is 8.34. The number of nitrogens with one attached hydrogen (secondary N) is 2. The Hall–Kier alpha value is -1.41. The van der Waals surface area contributed by atoms with Crippen LogP contribution in [0.25, 0.3) is 0 Å². The van der Waals surface area contributed by atoms with Crippen LogP contribution in [-0.2, 0) is 27.5 Å². The molecule has 0 aromatic carbocycles.